The minimum absolute atomic E-state index is 0.691. The molecule has 3 heteroatoms. The van der Waals surface area contributed by atoms with Crippen molar-refractivity contribution < 1.29 is 4.99 Å². The zero-order valence-corrected chi connectivity index (χ0v) is 18.5. The third-order valence-corrected chi connectivity index (χ3v) is 6.20. The third-order valence-electron chi connectivity index (χ3n) is 6.20. The van der Waals surface area contributed by atoms with Gasteiger partial charge in [-0.2, -0.15) is 0 Å². The summed E-state index contributed by atoms with van der Waals surface area (Å²) in [6.45, 7) is 10.6. The zero-order valence-electron chi connectivity index (χ0n) is 18.5. The first kappa shape index (κ1) is 20.9. The van der Waals surface area contributed by atoms with Gasteiger partial charge in [0.1, 0.15) is 0 Å². The Hall–Kier alpha value is -3.33. The van der Waals surface area contributed by atoms with Gasteiger partial charge < -0.3 is 10.6 Å². The van der Waals surface area contributed by atoms with Crippen LogP contribution in [-0.4, -0.2) is 19.3 Å². The molecule has 6 rings (SSSR count). The van der Waals surface area contributed by atoms with E-state index in [1.807, 2.05) is 24.4 Å². The van der Waals surface area contributed by atoms with Crippen LogP contribution < -0.4 is 15.6 Å². The molecule has 0 saturated carbocycles. The van der Waals surface area contributed by atoms with Gasteiger partial charge in [-0.3, -0.25) is 0 Å². The monoisotopic (exact) mass is 410 g/mol. The SMILES string of the molecule is C=C1C=[NH+]c2ccccc21.CC1CNc2ccccc21.CCC1CNc2ccccc21. The van der Waals surface area contributed by atoms with Crippen molar-refractivity contribution in [2.75, 3.05) is 23.7 Å². The first-order chi connectivity index (χ1) is 15.2. The Morgan fingerprint density at radius 3 is 2.16 bits per heavy atom. The number of rotatable bonds is 1. The highest BCUT2D eigenvalue weighted by Gasteiger charge is 2.19. The van der Waals surface area contributed by atoms with Gasteiger partial charge in [0.05, 0.1) is 5.56 Å². The molecule has 0 aromatic heterocycles. The molecule has 31 heavy (non-hydrogen) atoms. The Morgan fingerprint density at radius 1 is 0.839 bits per heavy atom. The van der Waals surface area contributed by atoms with Crippen LogP contribution in [0.5, 0.6) is 0 Å². The van der Waals surface area contributed by atoms with Gasteiger partial charge in [0.15, 0.2) is 6.21 Å². The molecule has 0 amide bonds. The number of hydrogen-bond acceptors (Lipinski definition) is 2. The molecule has 158 valence electrons. The number of fused-ring (bicyclic) bond motifs is 3. The molecule has 3 aliphatic rings. The second-order valence-corrected chi connectivity index (χ2v) is 8.30. The van der Waals surface area contributed by atoms with Crippen LogP contribution in [0.3, 0.4) is 0 Å². The Labute approximate surface area is 185 Å². The van der Waals surface area contributed by atoms with Gasteiger partial charge in [0, 0.05) is 47.9 Å². The van der Waals surface area contributed by atoms with E-state index >= 15 is 0 Å². The molecule has 2 atom stereocenters. The lowest BCUT2D eigenvalue weighted by Crippen LogP contribution is -2.58. The van der Waals surface area contributed by atoms with Crippen molar-refractivity contribution in [1.82, 2.24) is 0 Å². The minimum Gasteiger partial charge on any atom is -0.384 e. The number of nitrogens with one attached hydrogen (secondary N) is 3. The standard InChI is InChI=1S/C10H13N.C9H11N.C9H7N/c1-2-8-7-11-10-6-4-3-5-9(8)10;2*1-7-6-10-9-5-3-2-4-8(7)9/h3-6,8,11H,2,7H2,1H3;2-5,7,10H,6H2,1H3;2-6H,1H2/p+1. The van der Waals surface area contributed by atoms with Gasteiger partial charge in [-0.15, -0.1) is 0 Å². The number of anilines is 2. The highest BCUT2D eigenvalue weighted by atomic mass is 14.9. The van der Waals surface area contributed by atoms with E-state index in [0.717, 1.165) is 30.3 Å². The Morgan fingerprint density at radius 2 is 1.45 bits per heavy atom. The van der Waals surface area contributed by atoms with Gasteiger partial charge >= 0.3 is 0 Å². The maximum absolute atomic E-state index is 3.88. The van der Waals surface area contributed by atoms with Crippen molar-refractivity contribution in [3.8, 4) is 0 Å². The summed E-state index contributed by atoms with van der Waals surface area (Å²) in [5.41, 5.74) is 9.04. The molecule has 3 nitrogen and oxygen atoms in total. The molecular weight excluding hydrogens is 378 g/mol. The fraction of sp³-hybridized carbons (Fsp3) is 0.250. The topological polar surface area (TPSA) is 38.0 Å². The van der Waals surface area contributed by atoms with Crippen LogP contribution in [0.15, 0.2) is 79.4 Å². The zero-order chi connectivity index (χ0) is 21.6. The predicted molar refractivity (Wildman–Crippen MR) is 133 cm³/mol. The van der Waals surface area contributed by atoms with E-state index in [-0.39, 0.29) is 0 Å². The highest BCUT2D eigenvalue weighted by Crippen LogP contribution is 2.32. The molecule has 3 heterocycles. The lowest BCUT2D eigenvalue weighted by molar-refractivity contribution is -0.342. The molecule has 2 unspecified atom stereocenters. The Bertz CT molecular complexity index is 1080. The maximum atomic E-state index is 3.88. The van der Waals surface area contributed by atoms with Crippen molar-refractivity contribution in [2.45, 2.75) is 32.1 Å². The van der Waals surface area contributed by atoms with E-state index in [9.17, 15) is 0 Å². The summed E-state index contributed by atoms with van der Waals surface area (Å²) in [5.74, 6) is 1.43. The number of benzene rings is 3. The predicted octanol–water partition coefficient (Wildman–Crippen LogP) is 5.32. The fourth-order valence-corrected chi connectivity index (χ4v) is 4.31. The molecule has 0 radical (unpaired) electrons. The molecule has 3 aromatic carbocycles. The minimum atomic E-state index is 0.691. The molecular formula is C28H32N3+. The third kappa shape index (κ3) is 4.72. The average molecular weight is 411 g/mol. The molecule has 3 N–H and O–H groups in total. The van der Waals surface area contributed by atoms with E-state index in [2.05, 4.69) is 90.6 Å². The van der Waals surface area contributed by atoms with Crippen LogP contribution in [-0.2, 0) is 0 Å². The molecule has 3 aromatic rings. The molecule has 0 bridgehead atoms. The summed E-state index contributed by atoms with van der Waals surface area (Å²) in [6.07, 6.45) is 3.16. The van der Waals surface area contributed by atoms with E-state index in [4.69, 9.17) is 0 Å². The fourth-order valence-electron chi connectivity index (χ4n) is 4.31. The number of hydrogen-bond donors (Lipinski definition) is 3. The van der Waals surface area contributed by atoms with E-state index in [1.54, 1.807) is 0 Å². The van der Waals surface area contributed by atoms with Gasteiger partial charge in [0.25, 0.3) is 0 Å². The van der Waals surface area contributed by atoms with Crippen molar-refractivity contribution in [3.63, 3.8) is 0 Å². The van der Waals surface area contributed by atoms with Crippen LogP contribution >= 0.6 is 0 Å². The lowest BCUT2D eigenvalue weighted by Gasteiger charge is -2.04. The normalized spacial score (nSPS) is 19.0. The second-order valence-electron chi connectivity index (χ2n) is 8.30. The first-order valence-corrected chi connectivity index (χ1v) is 11.2. The summed E-state index contributed by atoms with van der Waals surface area (Å²) in [5, 5.41) is 6.75. The van der Waals surface area contributed by atoms with Crippen molar-refractivity contribution in [1.29, 1.82) is 0 Å². The van der Waals surface area contributed by atoms with E-state index in [1.165, 1.54) is 34.5 Å². The van der Waals surface area contributed by atoms with Gasteiger partial charge in [-0.25, -0.2) is 4.99 Å². The van der Waals surface area contributed by atoms with Gasteiger partial charge in [-0.1, -0.05) is 69.0 Å². The van der Waals surface area contributed by atoms with Crippen LogP contribution in [0.1, 0.15) is 48.8 Å². The molecule has 0 spiro atoms. The lowest BCUT2D eigenvalue weighted by atomic mass is 9.99. The van der Waals surface area contributed by atoms with Crippen LogP contribution in [0.2, 0.25) is 0 Å². The van der Waals surface area contributed by atoms with Gasteiger partial charge in [0.2, 0.25) is 5.69 Å². The van der Waals surface area contributed by atoms with Crippen LogP contribution in [0, 0.1) is 0 Å². The molecule has 0 aliphatic carbocycles. The Balaban J connectivity index is 0.000000112. The molecule has 3 aliphatic heterocycles. The summed E-state index contributed by atoms with van der Waals surface area (Å²) in [6, 6.07) is 25.2. The Kier molecular flexibility index (Phi) is 6.51. The van der Waals surface area contributed by atoms with E-state index < -0.39 is 0 Å². The summed E-state index contributed by atoms with van der Waals surface area (Å²) in [4.78, 5) is 3.13. The number of para-hydroxylation sites is 3. The summed E-state index contributed by atoms with van der Waals surface area (Å²) in [7, 11) is 0. The molecule has 0 saturated heterocycles. The van der Waals surface area contributed by atoms with Crippen molar-refractivity contribution in [3.05, 3.63) is 96.1 Å². The van der Waals surface area contributed by atoms with E-state index in [0.29, 0.717) is 5.92 Å². The maximum Gasteiger partial charge on any atom is 0.211 e. The summed E-state index contributed by atoms with van der Waals surface area (Å²) >= 11 is 0. The quantitative estimate of drug-likeness (QED) is 0.508. The van der Waals surface area contributed by atoms with Crippen molar-refractivity contribution >= 4 is 28.8 Å². The van der Waals surface area contributed by atoms with Crippen LogP contribution in [0.4, 0.5) is 17.1 Å². The first-order valence-electron chi connectivity index (χ1n) is 11.2. The average Bonchev–Trinajstić information content (AvgIpc) is 3.52. The smallest absolute Gasteiger partial charge is 0.211 e. The largest absolute Gasteiger partial charge is 0.384 e. The van der Waals surface area contributed by atoms with Crippen LogP contribution in [0.25, 0.3) is 5.57 Å². The summed E-state index contributed by atoms with van der Waals surface area (Å²) < 4.78 is 0. The van der Waals surface area contributed by atoms with Crippen molar-refractivity contribution in [2.24, 2.45) is 0 Å². The van der Waals surface area contributed by atoms with Gasteiger partial charge in [-0.05, 0) is 35.7 Å². The highest BCUT2D eigenvalue weighted by molar-refractivity contribution is 6.10. The second kappa shape index (κ2) is 9.65. The number of allylic oxidation sites excluding steroid dienone is 1. The molecule has 0 fully saturated rings.